The lowest BCUT2D eigenvalue weighted by Gasteiger charge is -2.10. The Labute approximate surface area is 121 Å². The van der Waals surface area contributed by atoms with E-state index in [9.17, 15) is 0 Å². The van der Waals surface area contributed by atoms with Gasteiger partial charge in [0.05, 0.1) is 12.3 Å². The summed E-state index contributed by atoms with van der Waals surface area (Å²) in [5.41, 5.74) is 2.33. The first-order valence-corrected chi connectivity index (χ1v) is 6.64. The third-order valence-corrected chi connectivity index (χ3v) is 2.93. The molecule has 20 heavy (non-hydrogen) atoms. The largest absolute Gasteiger partial charge is 0.491 e. The van der Waals surface area contributed by atoms with Crippen LogP contribution < -0.4 is 4.74 Å². The zero-order valence-corrected chi connectivity index (χ0v) is 11.9. The van der Waals surface area contributed by atoms with Crippen LogP contribution in [0.3, 0.4) is 0 Å². The third-order valence-electron chi connectivity index (χ3n) is 2.75. The van der Waals surface area contributed by atoms with Gasteiger partial charge >= 0.3 is 0 Å². The molecule has 6 heteroatoms. The molecule has 2 aromatic heterocycles. The molecule has 0 spiro atoms. The summed E-state index contributed by atoms with van der Waals surface area (Å²) in [6.07, 6.45) is 3.47. The van der Waals surface area contributed by atoms with E-state index in [0.717, 1.165) is 11.4 Å². The molecule has 0 aliphatic heterocycles. The molecule has 0 saturated heterocycles. The fraction of sp³-hybridized carbons (Fsp3) is 0.214. The van der Waals surface area contributed by atoms with Crippen LogP contribution in [0.15, 0.2) is 36.8 Å². The van der Waals surface area contributed by atoms with E-state index in [1.54, 1.807) is 12.5 Å². The fourth-order valence-electron chi connectivity index (χ4n) is 1.94. The van der Waals surface area contributed by atoms with Crippen LogP contribution in [0.2, 0.25) is 5.28 Å². The number of aromatic nitrogens is 4. The summed E-state index contributed by atoms with van der Waals surface area (Å²) in [4.78, 5) is 12.4. The molecule has 0 aliphatic carbocycles. The van der Waals surface area contributed by atoms with Crippen molar-refractivity contribution in [2.75, 3.05) is 0 Å². The van der Waals surface area contributed by atoms with Gasteiger partial charge in [0.1, 0.15) is 17.6 Å². The van der Waals surface area contributed by atoms with Gasteiger partial charge in [-0.25, -0.2) is 9.97 Å². The first-order valence-electron chi connectivity index (χ1n) is 6.26. The van der Waals surface area contributed by atoms with Gasteiger partial charge in [0.25, 0.3) is 0 Å². The molecule has 0 fully saturated rings. The average Bonchev–Trinajstić information content (AvgIpc) is 2.82. The van der Waals surface area contributed by atoms with E-state index >= 15 is 0 Å². The van der Waals surface area contributed by atoms with E-state index < -0.39 is 0 Å². The number of fused-ring (bicyclic) bond motifs is 1. The Morgan fingerprint density at radius 1 is 1.15 bits per heavy atom. The second-order valence-corrected chi connectivity index (χ2v) is 4.96. The highest BCUT2D eigenvalue weighted by Gasteiger charge is 2.07. The Morgan fingerprint density at radius 3 is 2.60 bits per heavy atom. The van der Waals surface area contributed by atoms with Gasteiger partial charge in [-0.2, -0.15) is 4.98 Å². The number of hydrogen-bond donors (Lipinski definition) is 0. The average molecular weight is 289 g/mol. The number of rotatable bonds is 3. The summed E-state index contributed by atoms with van der Waals surface area (Å²) >= 11 is 5.83. The molecule has 2 heterocycles. The Hall–Kier alpha value is -2.14. The Bertz CT molecular complexity index is 737. The topological polar surface area (TPSA) is 52.8 Å². The predicted molar refractivity (Wildman–Crippen MR) is 77.4 cm³/mol. The summed E-state index contributed by atoms with van der Waals surface area (Å²) in [5.74, 6) is 0.834. The van der Waals surface area contributed by atoms with Crippen molar-refractivity contribution in [1.82, 2.24) is 19.5 Å². The number of hydrogen-bond acceptors (Lipinski definition) is 4. The quantitative estimate of drug-likeness (QED) is 0.694. The molecule has 5 nitrogen and oxygen atoms in total. The molecule has 0 atom stereocenters. The van der Waals surface area contributed by atoms with Crippen LogP contribution >= 0.6 is 11.6 Å². The maximum Gasteiger partial charge on any atom is 0.224 e. The lowest BCUT2D eigenvalue weighted by molar-refractivity contribution is 0.242. The first-order chi connectivity index (χ1) is 9.63. The van der Waals surface area contributed by atoms with Gasteiger partial charge in [-0.05, 0) is 49.7 Å². The highest BCUT2D eigenvalue weighted by atomic mass is 35.5. The number of nitrogens with zero attached hydrogens (tertiary/aromatic N) is 4. The molecule has 3 aromatic rings. The standard InChI is InChI=1S/C14H13ClN4O/c1-9(2)20-11-5-3-10(4-6-11)19-8-17-12-7-16-14(15)18-13(12)19/h3-9H,1-2H3. The molecular weight excluding hydrogens is 276 g/mol. The fourth-order valence-corrected chi connectivity index (χ4v) is 2.06. The number of imidazole rings is 1. The highest BCUT2D eigenvalue weighted by molar-refractivity contribution is 6.28. The molecule has 0 aliphatic rings. The van der Waals surface area contributed by atoms with Gasteiger partial charge in [0.15, 0.2) is 5.65 Å². The van der Waals surface area contributed by atoms with Crippen LogP contribution in [0.25, 0.3) is 16.9 Å². The van der Waals surface area contributed by atoms with Gasteiger partial charge in [0.2, 0.25) is 5.28 Å². The monoisotopic (exact) mass is 288 g/mol. The van der Waals surface area contributed by atoms with E-state index in [1.807, 2.05) is 42.7 Å². The minimum Gasteiger partial charge on any atom is -0.491 e. The van der Waals surface area contributed by atoms with Crippen LogP contribution in [0.5, 0.6) is 5.75 Å². The third kappa shape index (κ3) is 2.44. The van der Waals surface area contributed by atoms with Crippen LogP contribution in [0.1, 0.15) is 13.8 Å². The van der Waals surface area contributed by atoms with Gasteiger partial charge in [0, 0.05) is 5.69 Å². The van der Waals surface area contributed by atoms with Crippen molar-refractivity contribution < 1.29 is 4.74 Å². The minimum atomic E-state index is 0.154. The Balaban J connectivity index is 2.00. The van der Waals surface area contributed by atoms with Crippen LogP contribution in [-0.2, 0) is 0 Å². The molecule has 1 aromatic carbocycles. The minimum absolute atomic E-state index is 0.154. The van der Waals surface area contributed by atoms with Crippen molar-refractivity contribution >= 4 is 22.8 Å². The zero-order valence-electron chi connectivity index (χ0n) is 11.1. The maximum atomic E-state index is 5.83. The van der Waals surface area contributed by atoms with E-state index in [1.165, 1.54) is 0 Å². The highest BCUT2D eigenvalue weighted by Crippen LogP contribution is 2.20. The first kappa shape index (κ1) is 12.9. The molecule has 0 radical (unpaired) electrons. The summed E-state index contributed by atoms with van der Waals surface area (Å²) in [5, 5.41) is 0.207. The van der Waals surface area contributed by atoms with E-state index in [0.29, 0.717) is 11.2 Å². The van der Waals surface area contributed by atoms with E-state index in [-0.39, 0.29) is 11.4 Å². The van der Waals surface area contributed by atoms with Crippen molar-refractivity contribution in [3.63, 3.8) is 0 Å². The molecule has 0 unspecified atom stereocenters. The SMILES string of the molecule is CC(C)Oc1ccc(-n2cnc3cnc(Cl)nc32)cc1. The normalized spacial score (nSPS) is 11.2. The van der Waals surface area contributed by atoms with Gasteiger partial charge in [-0.1, -0.05) is 0 Å². The summed E-state index contributed by atoms with van der Waals surface area (Å²) < 4.78 is 7.48. The molecule has 0 saturated carbocycles. The van der Waals surface area contributed by atoms with E-state index in [2.05, 4.69) is 15.0 Å². The maximum absolute atomic E-state index is 5.83. The lowest BCUT2D eigenvalue weighted by Crippen LogP contribution is -2.05. The molecule has 102 valence electrons. The molecule has 3 rings (SSSR count). The molecule has 0 amide bonds. The summed E-state index contributed by atoms with van der Waals surface area (Å²) in [7, 11) is 0. The molecule has 0 bridgehead atoms. The summed E-state index contributed by atoms with van der Waals surface area (Å²) in [6.45, 7) is 3.99. The van der Waals surface area contributed by atoms with Crippen molar-refractivity contribution in [2.45, 2.75) is 20.0 Å². The second kappa shape index (κ2) is 5.09. The van der Waals surface area contributed by atoms with E-state index in [4.69, 9.17) is 16.3 Å². The van der Waals surface area contributed by atoms with Gasteiger partial charge in [-0.15, -0.1) is 0 Å². The number of halogens is 1. The zero-order chi connectivity index (χ0) is 14.1. The second-order valence-electron chi connectivity index (χ2n) is 4.62. The summed E-state index contributed by atoms with van der Waals surface area (Å²) in [6, 6.07) is 7.75. The number of benzene rings is 1. The Kier molecular flexibility index (Phi) is 3.28. The number of ether oxygens (including phenoxy) is 1. The van der Waals surface area contributed by atoms with Crippen LogP contribution in [-0.4, -0.2) is 25.6 Å². The Morgan fingerprint density at radius 2 is 1.90 bits per heavy atom. The predicted octanol–water partition coefficient (Wildman–Crippen LogP) is 3.26. The van der Waals surface area contributed by atoms with Crippen LogP contribution in [0.4, 0.5) is 0 Å². The van der Waals surface area contributed by atoms with Crippen molar-refractivity contribution in [1.29, 1.82) is 0 Å². The molecular formula is C14H13ClN4O. The van der Waals surface area contributed by atoms with Crippen LogP contribution in [0, 0.1) is 0 Å². The van der Waals surface area contributed by atoms with Gasteiger partial charge < -0.3 is 4.74 Å². The smallest absolute Gasteiger partial charge is 0.224 e. The van der Waals surface area contributed by atoms with Crippen molar-refractivity contribution in [3.05, 3.63) is 42.1 Å². The molecule has 0 N–H and O–H groups in total. The van der Waals surface area contributed by atoms with Gasteiger partial charge in [-0.3, -0.25) is 4.57 Å². The van der Waals surface area contributed by atoms with Crippen molar-refractivity contribution in [3.8, 4) is 11.4 Å². The lowest BCUT2D eigenvalue weighted by atomic mass is 10.3. The van der Waals surface area contributed by atoms with Crippen molar-refractivity contribution in [2.24, 2.45) is 0 Å².